The van der Waals surface area contributed by atoms with Crippen molar-refractivity contribution >= 4 is 49.7 Å². The fourth-order valence-electron chi connectivity index (χ4n) is 3.06. The molecule has 2 heterocycles. The molecule has 8 nitrogen and oxygen atoms in total. The molecule has 0 unspecified atom stereocenters. The molecule has 0 bridgehead atoms. The number of ether oxygens (including phenoxy) is 1. The highest BCUT2D eigenvalue weighted by atomic mass is 32.1. The number of rotatable bonds is 5. The number of anilines is 1. The van der Waals surface area contributed by atoms with Crippen molar-refractivity contribution in [1.29, 1.82) is 0 Å². The first-order chi connectivity index (χ1) is 13.9. The molecule has 2 aromatic carbocycles. The van der Waals surface area contributed by atoms with E-state index in [1.165, 1.54) is 11.3 Å². The second-order valence-corrected chi connectivity index (χ2v) is 7.61. The van der Waals surface area contributed by atoms with Crippen LogP contribution < -0.4 is 11.1 Å². The maximum atomic E-state index is 12.1. The summed E-state index contributed by atoms with van der Waals surface area (Å²) in [5, 5.41) is 3.07. The highest BCUT2D eigenvalue weighted by molar-refractivity contribution is 7.22. The number of thiazole rings is 1. The fraction of sp³-hybridized carbons (Fsp3) is 0.200. The smallest absolute Gasteiger partial charge is 0.420 e. The lowest BCUT2D eigenvalue weighted by atomic mass is 10.1. The van der Waals surface area contributed by atoms with Crippen LogP contribution in [0.2, 0.25) is 0 Å². The molecule has 9 heteroatoms. The summed E-state index contributed by atoms with van der Waals surface area (Å²) >= 11 is 1.35. The van der Waals surface area contributed by atoms with Crippen molar-refractivity contribution in [3.63, 3.8) is 0 Å². The van der Waals surface area contributed by atoms with Crippen molar-refractivity contribution < 1.29 is 18.7 Å². The average Bonchev–Trinajstić information content (AvgIpc) is 3.21. The van der Waals surface area contributed by atoms with Crippen molar-refractivity contribution in [3.05, 3.63) is 58.1 Å². The Labute approximate surface area is 168 Å². The molecule has 0 aliphatic rings. The first-order valence-corrected chi connectivity index (χ1v) is 9.64. The van der Waals surface area contributed by atoms with Gasteiger partial charge in [0.1, 0.15) is 6.54 Å². The number of nitrogens with one attached hydrogen (secondary N) is 1. The Morgan fingerprint density at radius 1 is 1.24 bits per heavy atom. The summed E-state index contributed by atoms with van der Waals surface area (Å²) in [6.45, 7) is 3.14. The third-order valence-electron chi connectivity index (χ3n) is 4.30. The van der Waals surface area contributed by atoms with E-state index in [2.05, 4.69) is 10.3 Å². The number of hydrogen-bond donors (Lipinski definition) is 1. The number of carbonyl (C=O) groups excluding carboxylic acids is 2. The molecule has 4 aromatic rings. The minimum absolute atomic E-state index is 0.345. The lowest BCUT2D eigenvalue weighted by Crippen LogP contribution is -2.25. The summed E-state index contributed by atoms with van der Waals surface area (Å²) in [5.41, 5.74) is 3.84. The summed E-state index contributed by atoms with van der Waals surface area (Å²) in [5.74, 6) is -1.88. The van der Waals surface area contributed by atoms with Gasteiger partial charge in [-0.2, -0.15) is 0 Å². The topological polar surface area (TPSA) is 103 Å². The number of benzene rings is 2. The van der Waals surface area contributed by atoms with Crippen molar-refractivity contribution in [2.24, 2.45) is 0 Å². The van der Waals surface area contributed by atoms with Gasteiger partial charge in [-0.25, -0.2) is 9.78 Å². The molecule has 2 aromatic heterocycles. The van der Waals surface area contributed by atoms with Gasteiger partial charge in [0.25, 0.3) is 5.91 Å². The van der Waals surface area contributed by atoms with Gasteiger partial charge in [0.05, 0.1) is 15.7 Å². The van der Waals surface area contributed by atoms with Crippen LogP contribution in [-0.4, -0.2) is 28.0 Å². The number of amides is 1. The van der Waals surface area contributed by atoms with E-state index in [-0.39, 0.29) is 6.54 Å². The monoisotopic (exact) mass is 411 g/mol. The van der Waals surface area contributed by atoms with Gasteiger partial charge in [0.15, 0.2) is 17.3 Å². The Morgan fingerprint density at radius 2 is 2.03 bits per heavy atom. The van der Waals surface area contributed by atoms with Gasteiger partial charge in [0.2, 0.25) is 0 Å². The summed E-state index contributed by atoms with van der Waals surface area (Å²) in [7, 11) is 0. The first-order valence-electron chi connectivity index (χ1n) is 8.82. The predicted molar refractivity (Wildman–Crippen MR) is 109 cm³/mol. The van der Waals surface area contributed by atoms with E-state index in [0.717, 1.165) is 25.9 Å². The Bertz CT molecular complexity index is 1300. The number of oxazole rings is 1. The largest absolute Gasteiger partial charge is 0.454 e. The number of aromatic nitrogens is 2. The van der Waals surface area contributed by atoms with E-state index in [4.69, 9.17) is 9.15 Å². The van der Waals surface area contributed by atoms with Crippen LogP contribution in [0.3, 0.4) is 0 Å². The van der Waals surface area contributed by atoms with Gasteiger partial charge in [-0.3, -0.25) is 19.5 Å². The Hall–Kier alpha value is -3.46. The first kappa shape index (κ1) is 18.9. The number of esters is 1. The number of hydrogen-bond acceptors (Lipinski definition) is 7. The fourth-order valence-corrected chi connectivity index (χ4v) is 4.12. The van der Waals surface area contributed by atoms with Gasteiger partial charge in [-0.05, 0) is 43.2 Å². The quantitative estimate of drug-likeness (QED) is 0.507. The SMILES string of the molecule is Cc1cc(C)c2nc(NC(=O)COC(=O)Cn3c(=O)oc4ccccc43)sc2c1. The van der Waals surface area contributed by atoms with Crippen LogP contribution in [0.25, 0.3) is 21.3 Å². The van der Waals surface area contributed by atoms with Crippen LogP contribution in [0, 0.1) is 13.8 Å². The number of fused-ring (bicyclic) bond motifs is 2. The van der Waals surface area contributed by atoms with Gasteiger partial charge in [-0.1, -0.05) is 29.5 Å². The third-order valence-corrected chi connectivity index (χ3v) is 5.22. The van der Waals surface area contributed by atoms with E-state index in [9.17, 15) is 14.4 Å². The van der Waals surface area contributed by atoms with Crippen LogP contribution in [0.5, 0.6) is 0 Å². The molecule has 0 saturated carbocycles. The van der Waals surface area contributed by atoms with E-state index >= 15 is 0 Å². The maximum Gasteiger partial charge on any atom is 0.420 e. The van der Waals surface area contributed by atoms with E-state index in [1.54, 1.807) is 24.3 Å². The molecular weight excluding hydrogens is 394 g/mol. The van der Waals surface area contributed by atoms with E-state index in [0.29, 0.717) is 16.2 Å². The summed E-state index contributed by atoms with van der Waals surface area (Å²) < 4.78 is 12.2. The molecule has 0 radical (unpaired) electrons. The normalized spacial score (nSPS) is 11.1. The number of aryl methyl sites for hydroxylation is 2. The molecule has 1 N–H and O–H groups in total. The molecule has 1 amide bonds. The average molecular weight is 411 g/mol. The van der Waals surface area contributed by atoms with E-state index < -0.39 is 24.2 Å². The molecular formula is C20H17N3O5S. The molecule has 0 fully saturated rings. The summed E-state index contributed by atoms with van der Waals surface area (Å²) in [6.07, 6.45) is 0. The molecule has 0 saturated heterocycles. The van der Waals surface area contributed by atoms with Crippen LogP contribution in [-0.2, 0) is 20.9 Å². The molecule has 0 spiro atoms. The lowest BCUT2D eigenvalue weighted by Gasteiger charge is -2.05. The number of carbonyl (C=O) groups is 2. The number of nitrogens with zero attached hydrogens (tertiary/aromatic N) is 2. The second-order valence-electron chi connectivity index (χ2n) is 6.58. The molecule has 148 valence electrons. The lowest BCUT2D eigenvalue weighted by molar-refractivity contribution is -0.147. The predicted octanol–water partition coefficient (Wildman–Crippen LogP) is 3.00. The van der Waals surface area contributed by atoms with Gasteiger partial charge in [0, 0.05) is 0 Å². The zero-order valence-corrected chi connectivity index (χ0v) is 16.5. The van der Waals surface area contributed by atoms with Crippen molar-refractivity contribution in [2.45, 2.75) is 20.4 Å². The highest BCUT2D eigenvalue weighted by Crippen LogP contribution is 2.29. The zero-order valence-electron chi connectivity index (χ0n) is 15.7. The molecule has 0 aliphatic heterocycles. The van der Waals surface area contributed by atoms with Crippen molar-refractivity contribution in [1.82, 2.24) is 9.55 Å². The standard InChI is InChI=1S/C20H17N3O5S/c1-11-7-12(2)18-15(8-11)29-19(22-18)21-16(24)10-27-17(25)9-23-13-5-3-4-6-14(13)28-20(23)26/h3-8H,9-10H2,1-2H3,(H,21,22,24). The Balaban J connectivity index is 1.38. The second kappa shape index (κ2) is 7.51. The zero-order chi connectivity index (χ0) is 20.5. The summed E-state index contributed by atoms with van der Waals surface area (Å²) in [6, 6.07) is 10.8. The minimum atomic E-state index is -0.718. The van der Waals surface area contributed by atoms with Crippen LogP contribution in [0.15, 0.2) is 45.6 Å². The Morgan fingerprint density at radius 3 is 2.86 bits per heavy atom. The minimum Gasteiger partial charge on any atom is -0.454 e. The maximum absolute atomic E-state index is 12.1. The van der Waals surface area contributed by atoms with E-state index in [1.807, 2.05) is 26.0 Å². The molecule has 0 aliphatic carbocycles. The summed E-state index contributed by atoms with van der Waals surface area (Å²) in [4.78, 5) is 40.5. The highest BCUT2D eigenvalue weighted by Gasteiger charge is 2.15. The Kier molecular flexibility index (Phi) is 4.89. The van der Waals surface area contributed by atoms with Gasteiger partial charge in [-0.15, -0.1) is 0 Å². The van der Waals surface area contributed by atoms with Crippen LogP contribution in [0.1, 0.15) is 11.1 Å². The molecule has 0 atom stereocenters. The van der Waals surface area contributed by atoms with Gasteiger partial charge < -0.3 is 9.15 Å². The van der Waals surface area contributed by atoms with Crippen molar-refractivity contribution in [2.75, 3.05) is 11.9 Å². The number of para-hydroxylation sites is 2. The molecule has 4 rings (SSSR count). The third kappa shape index (κ3) is 3.90. The van der Waals surface area contributed by atoms with Crippen LogP contribution in [0.4, 0.5) is 5.13 Å². The molecule has 29 heavy (non-hydrogen) atoms. The van der Waals surface area contributed by atoms with Crippen molar-refractivity contribution in [3.8, 4) is 0 Å². The van der Waals surface area contributed by atoms with Crippen LogP contribution >= 0.6 is 11.3 Å². The van der Waals surface area contributed by atoms with Gasteiger partial charge >= 0.3 is 11.7 Å².